The van der Waals surface area contributed by atoms with Crippen molar-refractivity contribution < 1.29 is 13.6 Å². The maximum Gasteiger partial charge on any atom is 0.274 e. The Balaban J connectivity index is 1.90. The van der Waals surface area contributed by atoms with E-state index in [2.05, 4.69) is 15.5 Å². The third-order valence-electron chi connectivity index (χ3n) is 5.80. The number of carbonyl (C=O) groups is 1. The van der Waals surface area contributed by atoms with E-state index in [0.29, 0.717) is 30.9 Å². The molecule has 8 heteroatoms. The number of likely N-dealkylation sites (N-methyl/N-ethyl adjacent to an activating group) is 2. The van der Waals surface area contributed by atoms with Gasteiger partial charge in [-0.3, -0.25) is 14.5 Å². The monoisotopic (exact) mass is 468 g/mol. The Morgan fingerprint density at radius 2 is 1.62 bits per heavy atom. The van der Waals surface area contributed by atoms with Gasteiger partial charge in [-0.2, -0.15) is 0 Å². The molecule has 3 rings (SSSR count). The number of hydrogen-bond acceptors (Lipinski definition) is 4. The van der Waals surface area contributed by atoms with Crippen LogP contribution in [0.5, 0.6) is 0 Å². The lowest BCUT2D eigenvalue weighted by atomic mass is 10.1. The van der Waals surface area contributed by atoms with Gasteiger partial charge in [-0.1, -0.05) is 19.1 Å². The smallest absolute Gasteiger partial charge is 0.274 e. The predicted octanol–water partition coefficient (Wildman–Crippen LogP) is 3.86. The average Bonchev–Trinajstić information content (AvgIpc) is 2.84. The predicted molar refractivity (Wildman–Crippen MR) is 131 cm³/mol. The maximum atomic E-state index is 13.5. The Morgan fingerprint density at radius 1 is 1.00 bits per heavy atom. The van der Waals surface area contributed by atoms with E-state index in [1.807, 2.05) is 6.92 Å². The van der Waals surface area contributed by atoms with Gasteiger partial charge in [-0.05, 0) is 80.2 Å². The fourth-order valence-electron chi connectivity index (χ4n) is 3.58. The maximum absolute atomic E-state index is 13.5. The van der Waals surface area contributed by atoms with E-state index in [-0.39, 0.29) is 28.8 Å². The first-order valence-corrected chi connectivity index (χ1v) is 11.3. The standard InChI is InChI=1S/C26H30F2N4O2/c1-4-31(17-19-5-9-21(27)10-6-19)15-16-32-24(20-7-11-22(28)12-8-20)14-13-23(26(32)34)30-25(33)18(2)29-3/h5-14,18,29H,4,15-17H2,1-3H3,(H,30,33). The third kappa shape index (κ3) is 6.36. The molecule has 1 unspecified atom stereocenters. The summed E-state index contributed by atoms with van der Waals surface area (Å²) in [5.41, 5.74) is 2.14. The van der Waals surface area contributed by atoms with E-state index in [1.165, 1.54) is 24.3 Å². The second-order valence-electron chi connectivity index (χ2n) is 8.09. The summed E-state index contributed by atoms with van der Waals surface area (Å²) in [7, 11) is 1.67. The quantitative estimate of drug-likeness (QED) is 0.474. The van der Waals surface area contributed by atoms with Crippen molar-refractivity contribution in [2.24, 2.45) is 0 Å². The number of anilines is 1. The number of halogens is 2. The highest BCUT2D eigenvalue weighted by atomic mass is 19.1. The Bertz CT molecular complexity index is 1160. The average molecular weight is 469 g/mol. The van der Waals surface area contributed by atoms with Gasteiger partial charge >= 0.3 is 0 Å². The molecular weight excluding hydrogens is 438 g/mol. The molecule has 0 radical (unpaired) electrons. The molecule has 0 bridgehead atoms. The molecule has 180 valence electrons. The lowest BCUT2D eigenvalue weighted by Gasteiger charge is -2.23. The van der Waals surface area contributed by atoms with Gasteiger partial charge in [0.1, 0.15) is 17.3 Å². The first-order valence-electron chi connectivity index (χ1n) is 11.3. The highest BCUT2D eigenvalue weighted by molar-refractivity contribution is 5.94. The van der Waals surface area contributed by atoms with Crippen LogP contribution < -0.4 is 16.2 Å². The lowest BCUT2D eigenvalue weighted by molar-refractivity contribution is -0.117. The Morgan fingerprint density at radius 3 is 2.21 bits per heavy atom. The Kier molecular flexibility index (Phi) is 8.67. The fraction of sp³-hybridized carbons (Fsp3) is 0.308. The van der Waals surface area contributed by atoms with Crippen LogP contribution in [0.3, 0.4) is 0 Å². The van der Waals surface area contributed by atoms with Gasteiger partial charge < -0.3 is 15.2 Å². The van der Waals surface area contributed by atoms with Gasteiger partial charge in [-0.15, -0.1) is 0 Å². The van der Waals surface area contributed by atoms with Crippen LogP contribution in [0.4, 0.5) is 14.5 Å². The largest absolute Gasteiger partial charge is 0.320 e. The van der Waals surface area contributed by atoms with Crippen LogP contribution in [0.25, 0.3) is 11.3 Å². The second-order valence-corrected chi connectivity index (χ2v) is 8.09. The van der Waals surface area contributed by atoms with Crippen LogP contribution in [-0.4, -0.2) is 41.6 Å². The summed E-state index contributed by atoms with van der Waals surface area (Å²) in [4.78, 5) is 27.8. The van der Waals surface area contributed by atoms with Gasteiger partial charge in [0.05, 0.1) is 11.7 Å². The minimum Gasteiger partial charge on any atom is -0.320 e. The zero-order chi connectivity index (χ0) is 24.7. The summed E-state index contributed by atoms with van der Waals surface area (Å²) in [5, 5.41) is 5.54. The first-order chi connectivity index (χ1) is 16.3. The van der Waals surface area contributed by atoms with Crippen LogP contribution >= 0.6 is 0 Å². The third-order valence-corrected chi connectivity index (χ3v) is 5.80. The lowest BCUT2D eigenvalue weighted by Crippen LogP contribution is -2.38. The Labute approximate surface area is 198 Å². The summed E-state index contributed by atoms with van der Waals surface area (Å²) in [6.45, 7) is 5.96. The second kappa shape index (κ2) is 11.7. The fourth-order valence-corrected chi connectivity index (χ4v) is 3.58. The van der Waals surface area contributed by atoms with Crippen molar-refractivity contribution in [1.29, 1.82) is 0 Å². The van der Waals surface area contributed by atoms with E-state index < -0.39 is 6.04 Å². The number of nitrogens with zero attached hydrogens (tertiary/aromatic N) is 2. The summed E-state index contributed by atoms with van der Waals surface area (Å²) in [6, 6.07) is 15.2. The van der Waals surface area contributed by atoms with Crippen molar-refractivity contribution in [3.63, 3.8) is 0 Å². The van der Waals surface area contributed by atoms with Gasteiger partial charge in [0.15, 0.2) is 0 Å². The van der Waals surface area contributed by atoms with E-state index in [1.54, 1.807) is 54.9 Å². The van der Waals surface area contributed by atoms with Crippen molar-refractivity contribution >= 4 is 11.6 Å². The van der Waals surface area contributed by atoms with Crippen molar-refractivity contribution in [3.8, 4) is 11.3 Å². The van der Waals surface area contributed by atoms with Crippen molar-refractivity contribution in [2.45, 2.75) is 33.0 Å². The van der Waals surface area contributed by atoms with Crippen LogP contribution in [0, 0.1) is 11.6 Å². The zero-order valence-electron chi connectivity index (χ0n) is 19.6. The van der Waals surface area contributed by atoms with E-state index in [9.17, 15) is 18.4 Å². The molecule has 1 aromatic heterocycles. The molecule has 6 nitrogen and oxygen atoms in total. The first kappa shape index (κ1) is 25.3. The number of hydrogen-bond donors (Lipinski definition) is 2. The van der Waals surface area contributed by atoms with Crippen LogP contribution in [0.1, 0.15) is 19.4 Å². The molecule has 2 N–H and O–H groups in total. The molecule has 0 aliphatic carbocycles. The highest BCUT2D eigenvalue weighted by Crippen LogP contribution is 2.20. The topological polar surface area (TPSA) is 66.4 Å². The molecule has 0 saturated carbocycles. The summed E-state index contributed by atoms with van der Waals surface area (Å²) in [5.74, 6) is -0.958. The van der Waals surface area contributed by atoms with Crippen LogP contribution in [0.2, 0.25) is 0 Å². The SMILES string of the molecule is CCN(CCn1c(-c2ccc(F)cc2)ccc(NC(=O)C(C)NC)c1=O)Cc1ccc(F)cc1. The number of rotatable bonds is 10. The zero-order valence-corrected chi connectivity index (χ0v) is 19.6. The molecule has 0 aliphatic rings. The Hall–Kier alpha value is -3.36. The molecule has 0 saturated heterocycles. The number of aromatic nitrogens is 1. The molecular formula is C26H30F2N4O2. The number of carbonyl (C=O) groups excluding carboxylic acids is 1. The van der Waals surface area contributed by atoms with Crippen LogP contribution in [-0.2, 0) is 17.9 Å². The van der Waals surface area contributed by atoms with Gasteiger partial charge in [0.2, 0.25) is 5.91 Å². The van der Waals surface area contributed by atoms with Gasteiger partial charge in [0, 0.05) is 19.6 Å². The molecule has 0 spiro atoms. The minimum atomic E-state index is -0.462. The van der Waals surface area contributed by atoms with E-state index >= 15 is 0 Å². The van der Waals surface area contributed by atoms with E-state index in [0.717, 1.165) is 12.1 Å². The molecule has 34 heavy (non-hydrogen) atoms. The molecule has 0 fully saturated rings. The number of benzene rings is 2. The van der Waals surface area contributed by atoms with Crippen molar-refractivity contribution in [1.82, 2.24) is 14.8 Å². The normalized spacial score (nSPS) is 12.1. The number of nitrogens with one attached hydrogen (secondary N) is 2. The summed E-state index contributed by atoms with van der Waals surface area (Å²) in [6.07, 6.45) is 0. The van der Waals surface area contributed by atoms with Gasteiger partial charge in [-0.25, -0.2) is 8.78 Å². The molecule has 3 aromatic rings. The van der Waals surface area contributed by atoms with Gasteiger partial charge in [0.25, 0.3) is 5.56 Å². The molecule has 1 amide bonds. The molecule has 1 heterocycles. The molecule has 0 aliphatic heterocycles. The molecule has 2 aromatic carbocycles. The highest BCUT2D eigenvalue weighted by Gasteiger charge is 2.16. The van der Waals surface area contributed by atoms with Crippen molar-refractivity contribution in [3.05, 3.63) is 88.2 Å². The number of pyridine rings is 1. The number of amides is 1. The summed E-state index contributed by atoms with van der Waals surface area (Å²) < 4.78 is 28.3. The molecule has 1 atom stereocenters. The van der Waals surface area contributed by atoms with Crippen LogP contribution in [0.15, 0.2) is 65.5 Å². The van der Waals surface area contributed by atoms with Crippen molar-refractivity contribution in [2.75, 3.05) is 25.5 Å². The summed E-state index contributed by atoms with van der Waals surface area (Å²) >= 11 is 0. The van der Waals surface area contributed by atoms with E-state index in [4.69, 9.17) is 0 Å². The minimum absolute atomic E-state index is 0.180.